The van der Waals surface area contributed by atoms with E-state index in [-0.39, 0.29) is 0 Å². The minimum Gasteiger partial charge on any atom is -0.341 e. The molecule has 1 unspecified atom stereocenters. The largest absolute Gasteiger partial charge is 0.350 e. The van der Waals surface area contributed by atoms with E-state index in [0.717, 1.165) is 5.52 Å². The summed E-state index contributed by atoms with van der Waals surface area (Å²) in [5.41, 5.74) is 1.37. The molecule has 2 N–H and O–H groups in total. The Morgan fingerprint density at radius 2 is 2.00 bits per heavy atom. The Bertz CT molecular complexity index is 621. The van der Waals surface area contributed by atoms with E-state index >= 15 is 0 Å². The average molecular weight is 275 g/mol. The van der Waals surface area contributed by atoms with Crippen LogP contribution < -0.4 is 4.72 Å². The monoisotopic (exact) mass is 275 g/mol. The Hall–Kier alpha value is -1.54. The number of benzene rings is 1. The summed E-state index contributed by atoms with van der Waals surface area (Å²) >= 11 is 0. The van der Waals surface area contributed by atoms with E-state index in [1.807, 2.05) is 4.72 Å². The molecule has 0 saturated heterocycles. The van der Waals surface area contributed by atoms with Crippen LogP contribution in [0.25, 0.3) is 11.0 Å². The topological polar surface area (TPSA) is 74.8 Å². The second-order valence-corrected chi connectivity index (χ2v) is 5.47. The minimum absolute atomic E-state index is 0.292. The van der Waals surface area contributed by atoms with Crippen LogP contribution in [-0.2, 0) is 10.0 Å². The summed E-state index contributed by atoms with van der Waals surface area (Å²) in [5.74, 6) is -3.16. The van der Waals surface area contributed by atoms with Gasteiger partial charge in [0.15, 0.2) is 0 Å². The van der Waals surface area contributed by atoms with Crippen molar-refractivity contribution in [3.63, 3.8) is 0 Å². The van der Waals surface area contributed by atoms with Gasteiger partial charge in [-0.3, -0.25) is 0 Å². The number of imidazole rings is 1. The number of hydrogen-bond acceptors (Lipinski definition) is 3. The first kappa shape index (κ1) is 12.9. The molecular weight excluding hydrogens is 264 g/mol. The maximum Gasteiger partial charge on any atom is 0.350 e. The molecule has 1 heterocycles. The number of rotatable bonds is 4. The zero-order chi connectivity index (χ0) is 13.3. The Labute approximate surface area is 102 Å². The van der Waals surface area contributed by atoms with Crippen LogP contribution in [-0.4, -0.2) is 24.1 Å². The van der Waals surface area contributed by atoms with Crippen LogP contribution in [0.4, 0.5) is 8.78 Å². The number of H-pyrrole nitrogens is 1. The molecule has 0 saturated carbocycles. The fourth-order valence-electron chi connectivity index (χ4n) is 1.53. The van der Waals surface area contributed by atoms with E-state index in [1.165, 1.54) is 6.92 Å². The number of alkyl halides is 2. The summed E-state index contributed by atoms with van der Waals surface area (Å²) in [6.07, 6.45) is 0. The van der Waals surface area contributed by atoms with Gasteiger partial charge in [-0.1, -0.05) is 12.1 Å². The van der Waals surface area contributed by atoms with Crippen LogP contribution in [0, 0.1) is 0 Å². The second kappa shape index (κ2) is 4.62. The lowest BCUT2D eigenvalue weighted by Gasteiger charge is -2.10. The molecule has 0 radical (unpaired) electrons. The van der Waals surface area contributed by atoms with Crippen LogP contribution in [0.3, 0.4) is 0 Å². The van der Waals surface area contributed by atoms with Crippen molar-refractivity contribution < 1.29 is 17.2 Å². The number of aromatic amines is 1. The van der Waals surface area contributed by atoms with Gasteiger partial charge in [-0.05, 0) is 19.1 Å². The number of nitrogens with zero attached hydrogens (tertiary/aromatic N) is 1. The third-order valence-corrected chi connectivity index (χ3v) is 3.54. The summed E-state index contributed by atoms with van der Waals surface area (Å²) < 4.78 is 48.3. The lowest BCUT2D eigenvalue weighted by atomic mass is 10.3. The zero-order valence-corrected chi connectivity index (χ0v) is 10.2. The summed E-state index contributed by atoms with van der Waals surface area (Å²) in [6, 6.07) is 6.22. The minimum atomic E-state index is -4.63. The lowest BCUT2D eigenvalue weighted by Crippen LogP contribution is -2.32. The molecule has 0 aliphatic heterocycles. The van der Waals surface area contributed by atoms with Gasteiger partial charge in [-0.2, -0.15) is 13.5 Å². The molecule has 98 valence electrons. The van der Waals surface area contributed by atoms with Gasteiger partial charge in [0.1, 0.15) is 5.82 Å². The molecular formula is C10H11F2N3O2S. The molecule has 2 aromatic rings. The Morgan fingerprint density at radius 1 is 1.33 bits per heavy atom. The Balaban J connectivity index is 2.26. The molecule has 8 heteroatoms. The van der Waals surface area contributed by atoms with Crippen LogP contribution in [0.2, 0.25) is 0 Å². The van der Waals surface area contributed by atoms with Crippen molar-refractivity contribution in [2.75, 3.05) is 0 Å². The lowest BCUT2D eigenvalue weighted by molar-refractivity contribution is 0.231. The normalized spacial score (nSPS) is 14.2. The van der Waals surface area contributed by atoms with Gasteiger partial charge in [-0.25, -0.2) is 13.4 Å². The van der Waals surface area contributed by atoms with Gasteiger partial charge >= 0.3 is 5.76 Å². The molecule has 0 aliphatic carbocycles. The molecule has 0 amide bonds. The van der Waals surface area contributed by atoms with Crippen molar-refractivity contribution >= 4 is 21.1 Å². The standard InChI is InChI=1S/C10H11F2N3O2S/c1-6(15-18(16,17)10(11)12)9-13-7-4-2-3-5-8(7)14-9/h2-6,10,15H,1H3,(H,13,14). The number of halogens is 2. The summed E-state index contributed by atoms with van der Waals surface area (Å²) in [6.45, 7) is 1.44. The maximum atomic E-state index is 12.2. The number of sulfonamides is 1. The number of hydrogen-bond donors (Lipinski definition) is 2. The highest BCUT2D eigenvalue weighted by Crippen LogP contribution is 2.17. The Kier molecular flexibility index (Phi) is 3.31. The zero-order valence-electron chi connectivity index (χ0n) is 9.39. The van der Waals surface area contributed by atoms with E-state index in [4.69, 9.17) is 0 Å². The third kappa shape index (κ3) is 2.49. The molecule has 2 rings (SSSR count). The summed E-state index contributed by atoms with van der Waals surface area (Å²) in [7, 11) is -4.63. The maximum absolute atomic E-state index is 12.2. The smallest absolute Gasteiger partial charge is 0.341 e. The average Bonchev–Trinajstić information content (AvgIpc) is 2.71. The molecule has 5 nitrogen and oxygen atoms in total. The summed E-state index contributed by atoms with van der Waals surface area (Å²) in [5, 5.41) is 0. The van der Waals surface area contributed by atoms with Gasteiger partial charge in [0.25, 0.3) is 10.0 Å². The number of aromatic nitrogens is 2. The molecule has 1 aromatic heterocycles. The van der Waals surface area contributed by atoms with E-state index in [0.29, 0.717) is 11.3 Å². The van der Waals surface area contributed by atoms with Crippen molar-refractivity contribution in [2.24, 2.45) is 0 Å². The van der Waals surface area contributed by atoms with E-state index in [1.54, 1.807) is 24.3 Å². The van der Waals surface area contributed by atoms with Crippen molar-refractivity contribution in [2.45, 2.75) is 18.7 Å². The number of nitrogens with one attached hydrogen (secondary N) is 2. The van der Waals surface area contributed by atoms with Gasteiger partial charge in [0, 0.05) is 0 Å². The van der Waals surface area contributed by atoms with Crippen molar-refractivity contribution in [3.05, 3.63) is 30.1 Å². The van der Waals surface area contributed by atoms with Crippen molar-refractivity contribution in [3.8, 4) is 0 Å². The van der Waals surface area contributed by atoms with Gasteiger partial charge < -0.3 is 4.98 Å². The predicted octanol–water partition coefficient (Wildman–Crippen LogP) is 1.77. The van der Waals surface area contributed by atoms with Gasteiger partial charge in [-0.15, -0.1) is 0 Å². The van der Waals surface area contributed by atoms with E-state index < -0.39 is 21.8 Å². The molecule has 1 atom stereocenters. The summed E-state index contributed by atoms with van der Waals surface area (Å²) in [4.78, 5) is 7.00. The highest BCUT2D eigenvalue weighted by molar-refractivity contribution is 7.89. The first-order valence-corrected chi connectivity index (χ1v) is 6.69. The SMILES string of the molecule is CC(NS(=O)(=O)C(F)F)c1nc2ccccc2[nH]1. The quantitative estimate of drug-likeness (QED) is 0.893. The second-order valence-electron chi connectivity index (χ2n) is 3.78. The molecule has 0 aliphatic rings. The molecule has 0 spiro atoms. The molecule has 0 bridgehead atoms. The van der Waals surface area contributed by atoms with Crippen molar-refractivity contribution in [1.82, 2.24) is 14.7 Å². The molecule has 0 fully saturated rings. The van der Waals surface area contributed by atoms with Crippen LogP contribution in [0.15, 0.2) is 24.3 Å². The fraction of sp³-hybridized carbons (Fsp3) is 0.300. The number of fused-ring (bicyclic) bond motifs is 1. The predicted molar refractivity (Wildman–Crippen MR) is 62.6 cm³/mol. The van der Waals surface area contributed by atoms with Crippen LogP contribution in [0.5, 0.6) is 0 Å². The fourth-order valence-corrected chi connectivity index (χ4v) is 2.24. The van der Waals surface area contributed by atoms with E-state index in [9.17, 15) is 17.2 Å². The molecule has 18 heavy (non-hydrogen) atoms. The first-order valence-electron chi connectivity index (χ1n) is 5.14. The van der Waals surface area contributed by atoms with Crippen molar-refractivity contribution in [1.29, 1.82) is 0 Å². The van der Waals surface area contributed by atoms with E-state index in [2.05, 4.69) is 9.97 Å². The Morgan fingerprint density at radius 3 is 2.61 bits per heavy atom. The van der Waals surface area contributed by atoms with Gasteiger partial charge in [0.05, 0.1) is 17.1 Å². The first-order chi connectivity index (χ1) is 8.40. The highest BCUT2D eigenvalue weighted by Gasteiger charge is 2.27. The van der Waals surface area contributed by atoms with Gasteiger partial charge in [0.2, 0.25) is 0 Å². The van der Waals surface area contributed by atoms with Crippen LogP contribution in [0.1, 0.15) is 18.8 Å². The molecule has 1 aromatic carbocycles. The third-order valence-electron chi connectivity index (χ3n) is 2.39. The van der Waals surface area contributed by atoms with Crippen LogP contribution >= 0.6 is 0 Å². The number of para-hydroxylation sites is 2. The highest BCUT2D eigenvalue weighted by atomic mass is 32.2.